The van der Waals surface area contributed by atoms with Crippen LogP contribution in [0.2, 0.25) is 0 Å². The minimum atomic E-state index is -0.467. The van der Waals surface area contributed by atoms with Gasteiger partial charge in [0.15, 0.2) is 5.58 Å². The summed E-state index contributed by atoms with van der Waals surface area (Å²) in [6.45, 7) is 0.790. The van der Waals surface area contributed by atoms with Gasteiger partial charge in [-0.15, -0.1) is 11.3 Å². The zero-order valence-corrected chi connectivity index (χ0v) is 10.9. The molecule has 0 aliphatic heterocycles. The van der Waals surface area contributed by atoms with Crippen LogP contribution in [0.5, 0.6) is 0 Å². The second-order valence-electron chi connectivity index (χ2n) is 4.21. The molecule has 2 heterocycles. The molecule has 19 heavy (non-hydrogen) atoms. The van der Waals surface area contributed by atoms with Crippen molar-refractivity contribution in [3.8, 4) is 0 Å². The monoisotopic (exact) mass is 275 g/mol. The van der Waals surface area contributed by atoms with E-state index in [0.717, 1.165) is 18.7 Å². The van der Waals surface area contributed by atoms with Crippen LogP contribution in [0.4, 0.5) is 11.4 Å². The Morgan fingerprint density at radius 2 is 2.32 bits per heavy atom. The van der Waals surface area contributed by atoms with Gasteiger partial charge in [0, 0.05) is 17.5 Å². The summed E-state index contributed by atoms with van der Waals surface area (Å²) < 4.78 is 4.95. The Bertz CT molecular complexity index is 743. The highest BCUT2D eigenvalue weighted by Gasteiger charge is 2.06. The zero-order chi connectivity index (χ0) is 13.2. The second kappa shape index (κ2) is 4.81. The van der Waals surface area contributed by atoms with Gasteiger partial charge in [-0.1, -0.05) is 6.07 Å². The first-order chi connectivity index (χ1) is 9.22. The number of benzene rings is 1. The van der Waals surface area contributed by atoms with E-state index in [9.17, 15) is 4.79 Å². The van der Waals surface area contributed by atoms with Gasteiger partial charge in [-0.05, 0) is 23.9 Å². The maximum atomic E-state index is 11.1. The van der Waals surface area contributed by atoms with E-state index in [0.29, 0.717) is 16.8 Å². The first-order valence-corrected chi connectivity index (χ1v) is 6.79. The molecule has 0 saturated heterocycles. The lowest BCUT2D eigenvalue weighted by Gasteiger charge is -2.08. The third kappa shape index (κ3) is 2.48. The van der Waals surface area contributed by atoms with Gasteiger partial charge in [-0.2, -0.15) is 0 Å². The van der Waals surface area contributed by atoms with Crippen LogP contribution in [0.3, 0.4) is 0 Å². The van der Waals surface area contributed by atoms with Crippen LogP contribution in [0.15, 0.2) is 38.9 Å². The molecule has 0 amide bonds. The fourth-order valence-corrected chi connectivity index (χ4v) is 2.65. The van der Waals surface area contributed by atoms with Crippen molar-refractivity contribution < 1.29 is 4.42 Å². The van der Waals surface area contributed by atoms with E-state index < -0.39 is 5.76 Å². The molecule has 98 valence electrons. The Kier molecular flexibility index (Phi) is 3.00. The van der Waals surface area contributed by atoms with E-state index >= 15 is 0 Å². The predicted octanol–water partition coefficient (Wildman–Crippen LogP) is 2.42. The lowest BCUT2D eigenvalue weighted by atomic mass is 10.2. The molecule has 2 aromatic heterocycles. The number of aromatic nitrogens is 1. The molecule has 0 aliphatic rings. The van der Waals surface area contributed by atoms with Crippen LogP contribution in [-0.2, 0) is 6.42 Å². The molecule has 0 saturated carbocycles. The molecule has 6 heteroatoms. The molecule has 0 fully saturated rings. The van der Waals surface area contributed by atoms with Gasteiger partial charge in [-0.3, -0.25) is 4.98 Å². The normalized spacial score (nSPS) is 10.9. The average molecular weight is 275 g/mol. The third-order valence-corrected chi connectivity index (χ3v) is 3.79. The third-order valence-electron chi connectivity index (χ3n) is 2.86. The summed E-state index contributed by atoms with van der Waals surface area (Å²) in [4.78, 5) is 15.0. The van der Waals surface area contributed by atoms with Crippen molar-refractivity contribution in [2.75, 3.05) is 17.6 Å². The number of hydrogen-bond donors (Lipinski definition) is 3. The van der Waals surface area contributed by atoms with E-state index in [-0.39, 0.29) is 0 Å². The quantitative estimate of drug-likeness (QED) is 0.638. The summed E-state index contributed by atoms with van der Waals surface area (Å²) in [6.07, 6.45) is 0.942. The molecule has 5 nitrogen and oxygen atoms in total. The number of nitrogens with one attached hydrogen (secondary N) is 2. The molecule has 0 radical (unpaired) electrons. The van der Waals surface area contributed by atoms with Crippen LogP contribution in [0, 0.1) is 0 Å². The number of nitrogens with two attached hydrogens (primary N) is 1. The van der Waals surface area contributed by atoms with E-state index in [4.69, 9.17) is 10.2 Å². The van der Waals surface area contributed by atoms with Gasteiger partial charge < -0.3 is 15.5 Å². The molecule has 0 bridgehead atoms. The minimum Gasteiger partial charge on any atom is -0.408 e. The van der Waals surface area contributed by atoms with E-state index in [1.165, 1.54) is 4.88 Å². The van der Waals surface area contributed by atoms with Crippen molar-refractivity contribution >= 4 is 33.8 Å². The molecule has 3 aromatic rings. The summed E-state index contributed by atoms with van der Waals surface area (Å²) in [7, 11) is 0. The number of hydrogen-bond acceptors (Lipinski definition) is 5. The zero-order valence-electron chi connectivity index (χ0n) is 10.1. The molecule has 3 rings (SSSR count). The largest absolute Gasteiger partial charge is 0.417 e. The lowest BCUT2D eigenvalue weighted by molar-refractivity contribution is 0.555. The maximum Gasteiger partial charge on any atom is 0.417 e. The highest BCUT2D eigenvalue weighted by atomic mass is 32.1. The predicted molar refractivity (Wildman–Crippen MR) is 77.8 cm³/mol. The molecule has 0 spiro atoms. The smallest absolute Gasteiger partial charge is 0.408 e. The van der Waals surface area contributed by atoms with Crippen molar-refractivity contribution in [3.05, 3.63) is 45.1 Å². The van der Waals surface area contributed by atoms with Crippen LogP contribution in [0.25, 0.3) is 11.1 Å². The van der Waals surface area contributed by atoms with E-state index in [2.05, 4.69) is 21.7 Å². The fraction of sp³-hybridized carbons (Fsp3) is 0.154. The molecule has 4 N–H and O–H groups in total. The fourth-order valence-electron chi connectivity index (χ4n) is 1.94. The number of aromatic amines is 1. The number of nitrogen functional groups attached to an aromatic ring is 1. The molecular weight excluding hydrogens is 262 g/mol. The molecule has 0 aliphatic carbocycles. The summed E-state index contributed by atoms with van der Waals surface area (Å²) >= 11 is 1.73. The van der Waals surface area contributed by atoms with E-state index in [1.807, 2.05) is 6.07 Å². The molecule has 0 unspecified atom stereocenters. The van der Waals surface area contributed by atoms with Crippen molar-refractivity contribution in [1.82, 2.24) is 4.98 Å². The Hall–Kier alpha value is -2.21. The van der Waals surface area contributed by atoms with Crippen LogP contribution < -0.4 is 16.8 Å². The summed E-state index contributed by atoms with van der Waals surface area (Å²) in [5.74, 6) is -0.467. The maximum absolute atomic E-state index is 11.1. The molecule has 1 aromatic carbocycles. The highest BCUT2D eigenvalue weighted by Crippen LogP contribution is 2.24. The number of H-pyrrole nitrogens is 1. The van der Waals surface area contributed by atoms with Crippen LogP contribution in [-0.4, -0.2) is 11.5 Å². The van der Waals surface area contributed by atoms with Crippen LogP contribution >= 0.6 is 11.3 Å². The van der Waals surface area contributed by atoms with Crippen molar-refractivity contribution in [1.29, 1.82) is 0 Å². The van der Waals surface area contributed by atoms with Gasteiger partial charge in [0.25, 0.3) is 0 Å². The Morgan fingerprint density at radius 1 is 1.42 bits per heavy atom. The average Bonchev–Trinajstić information content (AvgIpc) is 2.98. The SMILES string of the molecule is Nc1cc2oc(=O)[nH]c2cc1NCCc1cccs1. The summed E-state index contributed by atoms with van der Waals surface area (Å²) in [5, 5.41) is 5.33. The van der Waals surface area contributed by atoms with Crippen molar-refractivity contribution in [3.63, 3.8) is 0 Å². The Balaban J connectivity index is 1.76. The summed E-state index contributed by atoms with van der Waals surface area (Å²) in [6, 6.07) is 7.59. The lowest BCUT2D eigenvalue weighted by Crippen LogP contribution is -2.06. The molecule has 0 atom stereocenters. The number of rotatable bonds is 4. The standard InChI is InChI=1S/C13H13N3O2S/c14-9-6-12-11(16-13(17)18-12)7-10(9)15-4-3-8-2-1-5-19-8/h1-2,5-7,15H,3-4,14H2,(H,16,17). The minimum absolute atomic E-state index is 0.467. The van der Waals surface area contributed by atoms with E-state index in [1.54, 1.807) is 23.5 Å². The van der Waals surface area contributed by atoms with Gasteiger partial charge in [0.2, 0.25) is 0 Å². The Labute approximate surface area is 113 Å². The first-order valence-electron chi connectivity index (χ1n) is 5.91. The molecular formula is C13H13N3O2S. The Morgan fingerprint density at radius 3 is 3.11 bits per heavy atom. The van der Waals surface area contributed by atoms with Gasteiger partial charge in [-0.25, -0.2) is 4.79 Å². The van der Waals surface area contributed by atoms with Gasteiger partial charge >= 0.3 is 5.76 Å². The number of oxazole rings is 1. The number of anilines is 2. The first kappa shape index (κ1) is 11.9. The highest BCUT2D eigenvalue weighted by molar-refractivity contribution is 7.09. The van der Waals surface area contributed by atoms with Crippen molar-refractivity contribution in [2.24, 2.45) is 0 Å². The summed E-state index contributed by atoms with van der Waals surface area (Å²) in [5.41, 5.74) is 8.43. The second-order valence-corrected chi connectivity index (χ2v) is 5.24. The number of thiophene rings is 1. The topological polar surface area (TPSA) is 84.0 Å². The number of fused-ring (bicyclic) bond motifs is 1. The van der Waals surface area contributed by atoms with Crippen molar-refractivity contribution in [2.45, 2.75) is 6.42 Å². The van der Waals surface area contributed by atoms with Gasteiger partial charge in [0.1, 0.15) is 0 Å². The van der Waals surface area contributed by atoms with Gasteiger partial charge in [0.05, 0.1) is 16.9 Å². The van der Waals surface area contributed by atoms with Crippen LogP contribution in [0.1, 0.15) is 4.88 Å².